The molecule has 0 saturated carbocycles. The fourth-order valence-corrected chi connectivity index (χ4v) is 0.552. The lowest BCUT2D eigenvalue weighted by atomic mass is 10.2. The van der Waals surface area contributed by atoms with Crippen LogP contribution in [-0.4, -0.2) is 39.6 Å². The monoisotopic (exact) mass is 224 g/mol. The SMILES string of the molecule is O=C(O)CCCCC(=O)O.OCCS. The summed E-state index contributed by atoms with van der Waals surface area (Å²) in [5, 5.41) is 24.1. The van der Waals surface area contributed by atoms with Gasteiger partial charge in [0.1, 0.15) is 0 Å². The molecule has 0 heterocycles. The van der Waals surface area contributed by atoms with E-state index in [2.05, 4.69) is 12.6 Å². The van der Waals surface area contributed by atoms with Crippen LogP contribution >= 0.6 is 12.6 Å². The van der Waals surface area contributed by atoms with Crippen molar-refractivity contribution < 1.29 is 24.9 Å². The minimum Gasteiger partial charge on any atom is -0.481 e. The first-order chi connectivity index (χ1) is 6.54. The Morgan fingerprint density at radius 3 is 1.43 bits per heavy atom. The highest BCUT2D eigenvalue weighted by Crippen LogP contribution is 1.98. The number of aliphatic carboxylic acids is 2. The lowest BCUT2D eigenvalue weighted by Crippen LogP contribution is -1.97. The molecule has 0 fully saturated rings. The fraction of sp³-hybridized carbons (Fsp3) is 0.750. The number of carboxylic acids is 2. The summed E-state index contributed by atoms with van der Waals surface area (Å²) in [6.07, 6.45) is 1.02. The van der Waals surface area contributed by atoms with Crippen LogP contribution in [0.5, 0.6) is 0 Å². The Hall–Kier alpha value is -0.750. The zero-order chi connectivity index (χ0) is 11.4. The molecule has 0 aliphatic carbocycles. The average Bonchev–Trinajstić information content (AvgIpc) is 2.12. The van der Waals surface area contributed by atoms with Gasteiger partial charge in [0.15, 0.2) is 0 Å². The van der Waals surface area contributed by atoms with Crippen molar-refractivity contribution in [3.8, 4) is 0 Å². The molecule has 0 aliphatic heterocycles. The van der Waals surface area contributed by atoms with E-state index in [1.807, 2.05) is 0 Å². The Kier molecular flexibility index (Phi) is 13.7. The number of hydrogen-bond acceptors (Lipinski definition) is 4. The molecule has 0 spiro atoms. The highest BCUT2D eigenvalue weighted by Gasteiger charge is 1.99. The predicted molar refractivity (Wildman–Crippen MR) is 54.7 cm³/mol. The molecular formula is C8H16O5S. The number of hydrogen-bond donors (Lipinski definition) is 4. The topological polar surface area (TPSA) is 94.8 Å². The van der Waals surface area contributed by atoms with E-state index < -0.39 is 11.9 Å². The van der Waals surface area contributed by atoms with E-state index >= 15 is 0 Å². The summed E-state index contributed by atoms with van der Waals surface area (Å²) in [5.74, 6) is -1.17. The normalized spacial score (nSPS) is 8.71. The van der Waals surface area contributed by atoms with Gasteiger partial charge in [0.2, 0.25) is 0 Å². The van der Waals surface area contributed by atoms with Gasteiger partial charge in [0, 0.05) is 18.6 Å². The van der Waals surface area contributed by atoms with Crippen molar-refractivity contribution >= 4 is 24.6 Å². The number of carboxylic acid groups (broad SMARTS) is 2. The minimum atomic E-state index is -0.870. The van der Waals surface area contributed by atoms with Gasteiger partial charge in [0.05, 0.1) is 6.61 Å². The van der Waals surface area contributed by atoms with Crippen LogP contribution in [0.2, 0.25) is 0 Å². The van der Waals surface area contributed by atoms with Crippen molar-refractivity contribution in [1.82, 2.24) is 0 Å². The highest BCUT2D eigenvalue weighted by atomic mass is 32.1. The van der Waals surface area contributed by atoms with Crippen molar-refractivity contribution in [3.63, 3.8) is 0 Å². The van der Waals surface area contributed by atoms with Crippen LogP contribution in [0.25, 0.3) is 0 Å². The maximum absolute atomic E-state index is 9.90. The molecule has 84 valence electrons. The molecule has 0 atom stereocenters. The first kappa shape index (κ1) is 15.7. The molecule has 0 aromatic heterocycles. The van der Waals surface area contributed by atoms with Crippen LogP contribution in [-0.2, 0) is 9.59 Å². The van der Waals surface area contributed by atoms with E-state index in [1.165, 1.54) is 0 Å². The quantitative estimate of drug-likeness (QED) is 0.392. The average molecular weight is 224 g/mol. The summed E-state index contributed by atoms with van der Waals surface area (Å²) in [7, 11) is 0. The molecule has 0 rings (SSSR count). The maximum Gasteiger partial charge on any atom is 0.303 e. The van der Waals surface area contributed by atoms with E-state index in [9.17, 15) is 9.59 Å². The van der Waals surface area contributed by atoms with Gasteiger partial charge in [-0.1, -0.05) is 0 Å². The molecule has 0 saturated heterocycles. The molecule has 0 aromatic rings. The predicted octanol–water partition coefficient (Wildman–Crippen LogP) is 0.624. The Labute approximate surface area is 88.2 Å². The number of aliphatic hydroxyl groups excluding tert-OH is 1. The second-order valence-electron chi connectivity index (χ2n) is 2.44. The van der Waals surface area contributed by atoms with Crippen LogP contribution in [0.4, 0.5) is 0 Å². The van der Waals surface area contributed by atoms with E-state index in [-0.39, 0.29) is 19.4 Å². The van der Waals surface area contributed by atoms with Gasteiger partial charge in [-0.05, 0) is 12.8 Å². The summed E-state index contributed by atoms with van der Waals surface area (Å²) < 4.78 is 0. The third-order valence-electron chi connectivity index (χ3n) is 1.13. The van der Waals surface area contributed by atoms with Gasteiger partial charge < -0.3 is 15.3 Å². The minimum absolute atomic E-state index is 0.0628. The summed E-state index contributed by atoms with van der Waals surface area (Å²) in [6.45, 7) is 0.184. The van der Waals surface area contributed by atoms with Crippen molar-refractivity contribution in [2.45, 2.75) is 25.7 Å². The number of aliphatic hydroxyl groups is 1. The fourth-order valence-electron chi connectivity index (χ4n) is 0.552. The lowest BCUT2D eigenvalue weighted by Gasteiger charge is -1.92. The largest absolute Gasteiger partial charge is 0.481 e. The van der Waals surface area contributed by atoms with Crippen LogP contribution in [0, 0.1) is 0 Å². The molecule has 3 N–H and O–H groups in total. The Morgan fingerprint density at radius 2 is 1.29 bits per heavy atom. The third-order valence-corrected chi connectivity index (χ3v) is 1.33. The van der Waals surface area contributed by atoms with Gasteiger partial charge in [-0.15, -0.1) is 0 Å². The van der Waals surface area contributed by atoms with Crippen LogP contribution < -0.4 is 0 Å². The zero-order valence-electron chi connectivity index (χ0n) is 7.85. The lowest BCUT2D eigenvalue weighted by molar-refractivity contribution is -0.139. The van der Waals surface area contributed by atoms with Crippen LogP contribution in [0.15, 0.2) is 0 Å². The van der Waals surface area contributed by atoms with E-state index in [0.29, 0.717) is 18.6 Å². The molecule has 0 aliphatic rings. The van der Waals surface area contributed by atoms with Crippen molar-refractivity contribution in [3.05, 3.63) is 0 Å². The second kappa shape index (κ2) is 12.2. The number of thiol groups is 1. The summed E-state index contributed by atoms with van der Waals surface area (Å²) in [6, 6.07) is 0. The molecule has 0 bridgehead atoms. The Bertz CT molecular complexity index is 142. The maximum atomic E-state index is 9.90. The van der Waals surface area contributed by atoms with Crippen molar-refractivity contribution in [2.75, 3.05) is 12.4 Å². The van der Waals surface area contributed by atoms with E-state index in [0.717, 1.165) is 0 Å². The summed E-state index contributed by atoms with van der Waals surface area (Å²) in [5.41, 5.74) is 0. The molecule has 0 unspecified atom stereocenters. The van der Waals surface area contributed by atoms with Crippen LogP contribution in [0.1, 0.15) is 25.7 Å². The molecule has 14 heavy (non-hydrogen) atoms. The third kappa shape index (κ3) is 22.5. The van der Waals surface area contributed by atoms with Gasteiger partial charge >= 0.3 is 11.9 Å². The van der Waals surface area contributed by atoms with E-state index in [4.69, 9.17) is 15.3 Å². The summed E-state index contributed by atoms with van der Waals surface area (Å²) >= 11 is 3.67. The number of unbranched alkanes of at least 4 members (excludes halogenated alkanes) is 1. The molecule has 0 amide bonds. The van der Waals surface area contributed by atoms with Crippen LogP contribution in [0.3, 0.4) is 0 Å². The first-order valence-electron chi connectivity index (χ1n) is 4.20. The number of rotatable bonds is 6. The highest BCUT2D eigenvalue weighted by molar-refractivity contribution is 7.80. The molecule has 5 nitrogen and oxygen atoms in total. The first-order valence-corrected chi connectivity index (χ1v) is 4.83. The van der Waals surface area contributed by atoms with Crippen molar-refractivity contribution in [1.29, 1.82) is 0 Å². The smallest absolute Gasteiger partial charge is 0.303 e. The molecular weight excluding hydrogens is 208 g/mol. The Balaban J connectivity index is 0. The van der Waals surface area contributed by atoms with Gasteiger partial charge in [-0.25, -0.2) is 0 Å². The molecule has 0 radical (unpaired) electrons. The molecule has 0 aromatic carbocycles. The standard InChI is InChI=1S/C6H10O4.C2H6OS/c7-5(8)3-1-2-4-6(9)10;3-1-2-4/h1-4H2,(H,7,8)(H,9,10);3-4H,1-2H2. The van der Waals surface area contributed by atoms with Gasteiger partial charge in [0.25, 0.3) is 0 Å². The van der Waals surface area contributed by atoms with Gasteiger partial charge in [-0.3, -0.25) is 9.59 Å². The Morgan fingerprint density at radius 1 is 1.00 bits per heavy atom. The summed E-state index contributed by atoms with van der Waals surface area (Å²) in [4.78, 5) is 19.8. The molecule has 6 heteroatoms. The van der Waals surface area contributed by atoms with Gasteiger partial charge in [-0.2, -0.15) is 12.6 Å². The zero-order valence-corrected chi connectivity index (χ0v) is 8.74. The van der Waals surface area contributed by atoms with E-state index in [1.54, 1.807) is 0 Å². The van der Waals surface area contributed by atoms with Crippen molar-refractivity contribution in [2.24, 2.45) is 0 Å². The number of carbonyl (C=O) groups is 2. The second-order valence-corrected chi connectivity index (χ2v) is 2.89.